The zero-order chi connectivity index (χ0) is 25.2. The second-order valence-electron chi connectivity index (χ2n) is 11.3. The first-order chi connectivity index (χ1) is 17.3. The van der Waals surface area contributed by atoms with Gasteiger partial charge in [-0.15, -0.1) is 0 Å². The van der Waals surface area contributed by atoms with E-state index in [0.29, 0.717) is 12.3 Å². The Hall–Kier alpha value is -1.86. The van der Waals surface area contributed by atoms with Crippen LogP contribution in [-0.2, 0) is 27.5 Å². The maximum absolute atomic E-state index is 13.9. The van der Waals surface area contributed by atoms with Crippen LogP contribution in [-0.4, -0.2) is 42.7 Å². The SMILES string of the molecule is O=C(O[C@H]1C[N+]2(CCc3cccc(C(F)(F)F)c3)CCC1CC2)C1(c2ccccc2)CCCCCC1.[Br-]. The van der Waals surface area contributed by atoms with E-state index in [1.165, 1.54) is 12.1 Å². The van der Waals surface area contributed by atoms with Gasteiger partial charge in [-0.2, -0.15) is 13.2 Å². The number of carbonyl (C=O) groups is 1. The molecule has 7 heteroatoms. The van der Waals surface area contributed by atoms with Gasteiger partial charge in [-0.3, -0.25) is 4.79 Å². The number of quaternary nitrogens is 1. The normalized spacial score (nSPS) is 27.1. The van der Waals surface area contributed by atoms with Gasteiger partial charge in [-0.25, -0.2) is 0 Å². The van der Waals surface area contributed by atoms with Crippen LogP contribution in [0.2, 0.25) is 0 Å². The van der Waals surface area contributed by atoms with Gasteiger partial charge in [-0.05, 0) is 30.0 Å². The predicted octanol–water partition coefficient (Wildman–Crippen LogP) is 3.70. The van der Waals surface area contributed by atoms with Crippen LogP contribution in [0.15, 0.2) is 54.6 Å². The van der Waals surface area contributed by atoms with Gasteiger partial charge in [0, 0.05) is 25.2 Å². The number of hydrogen-bond donors (Lipinski definition) is 0. The Balaban J connectivity index is 0.00000320. The molecule has 0 amide bonds. The largest absolute Gasteiger partial charge is 1.00 e. The maximum Gasteiger partial charge on any atom is 0.416 e. The minimum Gasteiger partial charge on any atom is -1.00 e. The van der Waals surface area contributed by atoms with Crippen molar-refractivity contribution in [1.29, 1.82) is 0 Å². The smallest absolute Gasteiger partial charge is 0.416 e. The maximum atomic E-state index is 13.9. The van der Waals surface area contributed by atoms with E-state index >= 15 is 0 Å². The fourth-order valence-electron chi connectivity index (χ4n) is 6.89. The average molecular weight is 581 g/mol. The van der Waals surface area contributed by atoms with Crippen LogP contribution in [0.3, 0.4) is 0 Å². The third-order valence-electron chi connectivity index (χ3n) is 9.10. The zero-order valence-corrected chi connectivity index (χ0v) is 22.9. The number of ether oxygens (including phenoxy) is 1. The van der Waals surface area contributed by atoms with Crippen LogP contribution in [0.4, 0.5) is 13.2 Å². The molecule has 2 aromatic rings. The molecule has 0 radical (unpaired) electrons. The third-order valence-corrected chi connectivity index (χ3v) is 9.10. The molecule has 4 fully saturated rings. The number of carbonyl (C=O) groups excluding carboxylic acids is 1. The lowest BCUT2D eigenvalue weighted by Gasteiger charge is -2.52. The number of nitrogens with zero attached hydrogens (tertiary/aromatic N) is 1. The van der Waals surface area contributed by atoms with Crippen molar-refractivity contribution in [2.24, 2.45) is 5.92 Å². The molecular formula is C30H37BrF3NO2. The van der Waals surface area contributed by atoms with Crippen LogP contribution >= 0.6 is 0 Å². The first kappa shape index (κ1) is 28.2. The van der Waals surface area contributed by atoms with E-state index in [1.54, 1.807) is 6.07 Å². The number of rotatable bonds is 6. The lowest BCUT2D eigenvalue weighted by molar-refractivity contribution is -0.946. The lowest BCUT2D eigenvalue weighted by Crippen LogP contribution is -3.00. The van der Waals surface area contributed by atoms with Crippen molar-refractivity contribution >= 4 is 5.97 Å². The van der Waals surface area contributed by atoms with Crippen LogP contribution in [0.1, 0.15) is 68.1 Å². The molecule has 3 aliphatic heterocycles. The Morgan fingerprint density at radius 2 is 1.62 bits per heavy atom. The first-order valence-electron chi connectivity index (χ1n) is 13.6. The summed E-state index contributed by atoms with van der Waals surface area (Å²) >= 11 is 0. The quantitative estimate of drug-likeness (QED) is 0.296. The molecule has 0 spiro atoms. The number of esters is 1. The van der Waals surface area contributed by atoms with E-state index in [9.17, 15) is 18.0 Å². The summed E-state index contributed by atoms with van der Waals surface area (Å²) in [4.78, 5) is 13.9. The van der Waals surface area contributed by atoms with E-state index < -0.39 is 17.2 Å². The number of fused-ring (bicyclic) bond motifs is 3. The summed E-state index contributed by atoms with van der Waals surface area (Å²) < 4.78 is 46.7. The Labute approximate surface area is 228 Å². The highest BCUT2D eigenvalue weighted by molar-refractivity contribution is 5.83. The molecule has 6 rings (SSSR count). The highest BCUT2D eigenvalue weighted by Crippen LogP contribution is 2.42. The van der Waals surface area contributed by atoms with Crippen molar-refractivity contribution in [3.05, 3.63) is 71.3 Å². The fourth-order valence-corrected chi connectivity index (χ4v) is 6.89. The van der Waals surface area contributed by atoms with E-state index in [-0.39, 0.29) is 29.1 Å². The number of hydrogen-bond acceptors (Lipinski definition) is 2. The van der Waals surface area contributed by atoms with Crippen molar-refractivity contribution in [3.8, 4) is 0 Å². The van der Waals surface area contributed by atoms with Crippen LogP contribution in [0, 0.1) is 5.92 Å². The van der Waals surface area contributed by atoms with Gasteiger partial charge < -0.3 is 26.2 Å². The Kier molecular flexibility index (Phi) is 8.74. The van der Waals surface area contributed by atoms with Crippen molar-refractivity contribution in [2.45, 2.75) is 75.5 Å². The van der Waals surface area contributed by atoms with Crippen molar-refractivity contribution in [1.82, 2.24) is 0 Å². The minimum absolute atomic E-state index is 0. The van der Waals surface area contributed by atoms with Crippen LogP contribution < -0.4 is 17.0 Å². The van der Waals surface area contributed by atoms with E-state index in [2.05, 4.69) is 12.1 Å². The zero-order valence-electron chi connectivity index (χ0n) is 21.3. The topological polar surface area (TPSA) is 26.3 Å². The van der Waals surface area contributed by atoms with Crippen molar-refractivity contribution in [3.63, 3.8) is 0 Å². The molecule has 0 N–H and O–H groups in total. The molecule has 2 bridgehead atoms. The van der Waals surface area contributed by atoms with Gasteiger partial charge in [0.15, 0.2) is 6.10 Å². The molecule has 0 aromatic heterocycles. The molecule has 1 saturated carbocycles. The second-order valence-corrected chi connectivity index (χ2v) is 11.3. The number of benzene rings is 2. The molecule has 2 aromatic carbocycles. The molecule has 3 heterocycles. The van der Waals surface area contributed by atoms with E-state index in [4.69, 9.17) is 4.74 Å². The summed E-state index contributed by atoms with van der Waals surface area (Å²) in [5.74, 6) is 0.325. The van der Waals surface area contributed by atoms with Gasteiger partial charge in [-0.1, -0.05) is 74.2 Å². The average Bonchev–Trinajstić information content (AvgIpc) is 3.16. The molecule has 3 saturated heterocycles. The molecule has 1 aliphatic carbocycles. The van der Waals surface area contributed by atoms with Crippen LogP contribution in [0.25, 0.3) is 0 Å². The van der Waals surface area contributed by atoms with Crippen LogP contribution in [0.5, 0.6) is 0 Å². The third kappa shape index (κ3) is 6.08. The standard InChI is InChI=1S/C30H37F3NO2.BrH/c31-30(32,33)26-12-8-9-23(21-26)13-18-34-19-14-24(15-20-34)27(22-34)36-28(35)29(16-6-1-2-7-17-29)25-10-4-3-5-11-25;/h3-5,8-12,21,24,27H,1-2,6-7,13-20,22H2;1H/q+1;/p-1/t24?,27-,34?;/m0./s1. The molecule has 3 nitrogen and oxygen atoms in total. The summed E-state index contributed by atoms with van der Waals surface area (Å²) in [7, 11) is 0. The van der Waals surface area contributed by atoms with Crippen molar-refractivity contribution < 1.29 is 44.2 Å². The van der Waals surface area contributed by atoms with Gasteiger partial charge in [0.25, 0.3) is 0 Å². The summed E-state index contributed by atoms with van der Waals surface area (Å²) in [5, 5.41) is 0. The Morgan fingerprint density at radius 1 is 0.946 bits per heavy atom. The van der Waals surface area contributed by atoms with E-state index in [1.807, 2.05) is 18.2 Å². The monoisotopic (exact) mass is 579 g/mol. The molecule has 37 heavy (non-hydrogen) atoms. The summed E-state index contributed by atoms with van der Waals surface area (Å²) in [6, 6.07) is 15.9. The Morgan fingerprint density at radius 3 is 2.27 bits per heavy atom. The van der Waals surface area contributed by atoms with Gasteiger partial charge in [0.2, 0.25) is 0 Å². The molecular weight excluding hydrogens is 543 g/mol. The van der Waals surface area contributed by atoms with Gasteiger partial charge in [0.1, 0.15) is 6.54 Å². The molecule has 0 unspecified atom stereocenters. The number of halogens is 4. The number of piperidine rings is 3. The van der Waals surface area contributed by atoms with Gasteiger partial charge in [0.05, 0.1) is 30.6 Å². The summed E-state index contributed by atoms with van der Waals surface area (Å²) in [6.07, 6.45) is 4.26. The Bertz CT molecular complexity index is 1040. The van der Waals surface area contributed by atoms with Crippen molar-refractivity contribution in [2.75, 3.05) is 26.2 Å². The predicted molar refractivity (Wildman–Crippen MR) is 133 cm³/mol. The molecule has 4 aliphatic rings. The first-order valence-corrected chi connectivity index (χ1v) is 13.6. The lowest BCUT2D eigenvalue weighted by atomic mass is 9.74. The highest BCUT2D eigenvalue weighted by Gasteiger charge is 2.50. The second kappa shape index (κ2) is 11.5. The molecule has 202 valence electrons. The highest BCUT2D eigenvalue weighted by atomic mass is 79.9. The fraction of sp³-hybridized carbons (Fsp3) is 0.567. The van der Waals surface area contributed by atoms with Gasteiger partial charge >= 0.3 is 12.1 Å². The summed E-state index contributed by atoms with van der Waals surface area (Å²) in [5.41, 5.74) is 0.651. The minimum atomic E-state index is -4.32. The number of alkyl halides is 3. The molecule has 1 atom stereocenters. The van der Waals surface area contributed by atoms with E-state index in [0.717, 1.165) is 99.2 Å². The summed E-state index contributed by atoms with van der Waals surface area (Å²) in [6.45, 7) is 3.59.